The quantitative estimate of drug-likeness (QED) is 0.573. The van der Waals surface area contributed by atoms with E-state index in [-0.39, 0.29) is 30.0 Å². The number of aromatic nitrogens is 2. The first-order valence-electron chi connectivity index (χ1n) is 4.98. The third-order valence-corrected chi connectivity index (χ3v) is 2.72. The van der Waals surface area contributed by atoms with E-state index < -0.39 is 11.9 Å². The predicted octanol–water partition coefficient (Wildman–Crippen LogP) is 0.656. The number of hydrogen-bond donors (Lipinski definition) is 0. The summed E-state index contributed by atoms with van der Waals surface area (Å²) in [6, 6.07) is 1.52. The van der Waals surface area contributed by atoms with Crippen LogP contribution in [0.2, 0.25) is 5.15 Å². The summed E-state index contributed by atoms with van der Waals surface area (Å²) in [4.78, 5) is 32.3. The van der Waals surface area contributed by atoms with Gasteiger partial charge in [0.15, 0.2) is 0 Å². The van der Waals surface area contributed by atoms with Gasteiger partial charge in [-0.1, -0.05) is 11.6 Å². The molecule has 0 aliphatic carbocycles. The van der Waals surface area contributed by atoms with Crippen molar-refractivity contribution in [3.05, 3.63) is 17.4 Å². The highest BCUT2D eigenvalue weighted by atomic mass is 35.5. The molecule has 7 heteroatoms. The van der Waals surface area contributed by atoms with E-state index >= 15 is 0 Å². The molecule has 1 aliphatic rings. The van der Waals surface area contributed by atoms with Crippen LogP contribution in [0.4, 0.5) is 5.95 Å². The second kappa shape index (κ2) is 4.67. The van der Waals surface area contributed by atoms with E-state index in [2.05, 4.69) is 14.7 Å². The summed E-state index contributed by atoms with van der Waals surface area (Å²) in [7, 11) is 1.30. The summed E-state index contributed by atoms with van der Waals surface area (Å²) in [5, 5.41) is 0.254. The topological polar surface area (TPSA) is 72.4 Å². The Hall–Kier alpha value is -1.69. The number of ether oxygens (including phenoxy) is 1. The second-order valence-corrected chi connectivity index (χ2v) is 4.00. The number of amides is 1. The van der Waals surface area contributed by atoms with E-state index in [4.69, 9.17) is 11.6 Å². The Morgan fingerprint density at radius 2 is 2.41 bits per heavy atom. The van der Waals surface area contributed by atoms with Gasteiger partial charge >= 0.3 is 5.97 Å². The van der Waals surface area contributed by atoms with Gasteiger partial charge in [-0.2, -0.15) is 0 Å². The van der Waals surface area contributed by atoms with Crippen LogP contribution in [0.3, 0.4) is 0 Å². The van der Waals surface area contributed by atoms with Gasteiger partial charge < -0.3 is 4.74 Å². The predicted molar refractivity (Wildman–Crippen MR) is 59.5 cm³/mol. The lowest BCUT2D eigenvalue weighted by Crippen LogP contribution is -2.27. The standard InChI is InChI=1S/C10H10ClN3O3/c1-17-9(16)6-4-8(15)14(5-6)10-12-3-2-7(11)13-10/h2-3,6H,4-5H2,1H3. The van der Waals surface area contributed by atoms with Gasteiger partial charge in [0.1, 0.15) is 5.15 Å². The minimum Gasteiger partial charge on any atom is -0.469 e. The molecule has 0 bridgehead atoms. The van der Waals surface area contributed by atoms with Crippen LogP contribution in [-0.2, 0) is 14.3 Å². The van der Waals surface area contributed by atoms with Gasteiger partial charge in [0.2, 0.25) is 11.9 Å². The molecule has 1 amide bonds. The van der Waals surface area contributed by atoms with Crippen molar-refractivity contribution < 1.29 is 14.3 Å². The molecule has 0 radical (unpaired) electrons. The molecule has 2 rings (SSSR count). The Balaban J connectivity index is 2.18. The zero-order valence-corrected chi connectivity index (χ0v) is 9.85. The van der Waals surface area contributed by atoms with Crippen LogP contribution in [0.25, 0.3) is 0 Å². The molecule has 1 aliphatic heterocycles. The van der Waals surface area contributed by atoms with Crippen LogP contribution in [0.1, 0.15) is 6.42 Å². The Labute approximate surface area is 103 Å². The molecule has 1 fully saturated rings. The maximum atomic E-state index is 11.7. The molecule has 90 valence electrons. The van der Waals surface area contributed by atoms with Crippen molar-refractivity contribution in [2.75, 3.05) is 18.6 Å². The summed E-state index contributed by atoms with van der Waals surface area (Å²) >= 11 is 5.72. The molecule has 17 heavy (non-hydrogen) atoms. The number of halogens is 1. The molecule has 1 saturated heterocycles. The molecule has 0 N–H and O–H groups in total. The van der Waals surface area contributed by atoms with Gasteiger partial charge in [-0.25, -0.2) is 9.97 Å². The van der Waals surface area contributed by atoms with Crippen LogP contribution in [0, 0.1) is 5.92 Å². The highest BCUT2D eigenvalue weighted by Crippen LogP contribution is 2.23. The SMILES string of the molecule is COC(=O)C1CC(=O)N(c2nccc(Cl)n2)C1. The fraction of sp³-hybridized carbons (Fsp3) is 0.400. The molecule has 6 nitrogen and oxygen atoms in total. The van der Waals surface area contributed by atoms with Gasteiger partial charge in [0, 0.05) is 19.2 Å². The minimum absolute atomic E-state index is 0.114. The van der Waals surface area contributed by atoms with Crippen molar-refractivity contribution in [1.29, 1.82) is 0 Å². The lowest BCUT2D eigenvalue weighted by atomic mass is 10.1. The Morgan fingerprint density at radius 1 is 1.65 bits per heavy atom. The summed E-state index contributed by atoms with van der Waals surface area (Å²) < 4.78 is 4.61. The first-order chi connectivity index (χ1) is 8.11. The largest absolute Gasteiger partial charge is 0.469 e. The van der Waals surface area contributed by atoms with E-state index in [1.54, 1.807) is 0 Å². The second-order valence-electron chi connectivity index (χ2n) is 3.61. The summed E-state index contributed by atoms with van der Waals surface area (Å²) in [6.45, 7) is 0.228. The molecule has 1 unspecified atom stereocenters. The van der Waals surface area contributed by atoms with E-state index in [0.29, 0.717) is 0 Å². The fourth-order valence-corrected chi connectivity index (χ4v) is 1.81. The number of rotatable bonds is 2. The van der Waals surface area contributed by atoms with E-state index in [9.17, 15) is 9.59 Å². The van der Waals surface area contributed by atoms with Crippen LogP contribution in [0.15, 0.2) is 12.3 Å². The van der Waals surface area contributed by atoms with Crippen LogP contribution in [0.5, 0.6) is 0 Å². The highest BCUT2D eigenvalue weighted by Gasteiger charge is 2.37. The van der Waals surface area contributed by atoms with E-state index in [0.717, 1.165) is 0 Å². The van der Waals surface area contributed by atoms with Crippen LogP contribution < -0.4 is 4.90 Å². The maximum absolute atomic E-state index is 11.7. The van der Waals surface area contributed by atoms with Crippen molar-refractivity contribution in [2.45, 2.75) is 6.42 Å². The molecule has 0 spiro atoms. The molecule has 2 heterocycles. The lowest BCUT2D eigenvalue weighted by Gasteiger charge is -2.13. The normalized spacial score (nSPS) is 19.5. The number of hydrogen-bond acceptors (Lipinski definition) is 5. The Bertz CT molecular complexity index is 466. The Kier molecular flexibility index (Phi) is 3.23. The monoisotopic (exact) mass is 255 g/mol. The number of esters is 1. The average molecular weight is 256 g/mol. The Morgan fingerprint density at radius 3 is 3.06 bits per heavy atom. The zero-order chi connectivity index (χ0) is 12.4. The highest BCUT2D eigenvalue weighted by molar-refractivity contribution is 6.29. The van der Waals surface area contributed by atoms with Crippen molar-refractivity contribution in [2.24, 2.45) is 5.92 Å². The molecule has 0 saturated carbocycles. The fourth-order valence-electron chi connectivity index (χ4n) is 1.68. The van der Waals surface area contributed by atoms with Gasteiger partial charge in [-0.05, 0) is 6.07 Å². The van der Waals surface area contributed by atoms with Crippen LogP contribution >= 0.6 is 11.6 Å². The minimum atomic E-state index is -0.463. The molecular formula is C10H10ClN3O3. The molecule has 1 aromatic rings. The van der Waals surface area contributed by atoms with Crippen molar-refractivity contribution in [3.8, 4) is 0 Å². The zero-order valence-electron chi connectivity index (χ0n) is 9.09. The summed E-state index contributed by atoms with van der Waals surface area (Å²) in [5.74, 6) is -0.852. The van der Waals surface area contributed by atoms with Crippen molar-refractivity contribution >= 4 is 29.4 Å². The molecule has 1 atom stereocenters. The van der Waals surface area contributed by atoms with Crippen LogP contribution in [-0.4, -0.2) is 35.5 Å². The molecule has 0 aromatic carbocycles. The number of carbonyl (C=O) groups excluding carboxylic acids is 2. The molecule has 1 aromatic heterocycles. The average Bonchev–Trinajstić information content (AvgIpc) is 2.70. The van der Waals surface area contributed by atoms with Gasteiger partial charge in [0.25, 0.3) is 0 Å². The smallest absolute Gasteiger partial charge is 0.311 e. The summed E-state index contributed by atoms with van der Waals surface area (Å²) in [6.07, 6.45) is 1.58. The van der Waals surface area contributed by atoms with Gasteiger partial charge in [-0.3, -0.25) is 14.5 Å². The van der Waals surface area contributed by atoms with E-state index in [1.807, 2.05) is 0 Å². The number of carbonyl (C=O) groups is 2. The molecular weight excluding hydrogens is 246 g/mol. The third-order valence-electron chi connectivity index (χ3n) is 2.51. The number of anilines is 1. The van der Waals surface area contributed by atoms with Crippen molar-refractivity contribution in [1.82, 2.24) is 9.97 Å². The van der Waals surface area contributed by atoms with Crippen molar-refractivity contribution in [3.63, 3.8) is 0 Å². The lowest BCUT2D eigenvalue weighted by molar-refractivity contribution is -0.145. The summed E-state index contributed by atoms with van der Waals surface area (Å²) in [5.41, 5.74) is 0. The van der Waals surface area contributed by atoms with E-state index in [1.165, 1.54) is 24.3 Å². The first-order valence-corrected chi connectivity index (χ1v) is 5.36. The van der Waals surface area contributed by atoms with Gasteiger partial charge in [-0.15, -0.1) is 0 Å². The number of methoxy groups -OCH3 is 1. The first kappa shape index (κ1) is 11.8. The van der Waals surface area contributed by atoms with Gasteiger partial charge in [0.05, 0.1) is 13.0 Å². The maximum Gasteiger partial charge on any atom is 0.311 e. The third kappa shape index (κ3) is 2.36. The number of nitrogens with zero attached hydrogens (tertiary/aromatic N) is 3.